The molecular weight excluding hydrogens is 192 g/mol. The minimum absolute atomic E-state index is 0.0604. The molecule has 0 bridgehead atoms. The quantitative estimate of drug-likeness (QED) is 0.405. The molecule has 0 N–H and O–H groups in total. The summed E-state index contributed by atoms with van der Waals surface area (Å²) >= 11 is 0. The number of hydrogen-bond donors (Lipinski definition) is 0. The van der Waals surface area contributed by atoms with E-state index < -0.39 is 0 Å². The van der Waals surface area contributed by atoms with Crippen LogP contribution in [-0.2, 0) is 14.3 Å². The molecule has 0 amide bonds. The van der Waals surface area contributed by atoms with Gasteiger partial charge in [0.05, 0.1) is 13.5 Å². The number of hydrogen-bond acceptors (Lipinski definition) is 3. The van der Waals surface area contributed by atoms with Crippen LogP contribution in [0.5, 0.6) is 0 Å². The summed E-state index contributed by atoms with van der Waals surface area (Å²) in [7, 11) is 1.40. The molecule has 0 radical (unpaired) electrons. The smallest absolute Gasteiger partial charge is 0.309 e. The molecule has 3 heteroatoms. The van der Waals surface area contributed by atoms with Gasteiger partial charge in [0.15, 0.2) is 0 Å². The molecule has 1 rings (SSSR count). The summed E-state index contributed by atoms with van der Waals surface area (Å²) in [5.41, 5.74) is 1.04. The molecule has 0 aliphatic heterocycles. The van der Waals surface area contributed by atoms with Gasteiger partial charge in [0, 0.05) is 6.42 Å². The summed E-state index contributed by atoms with van der Waals surface area (Å²) in [5.74, 6) is 0.121. The normalized spacial score (nSPS) is 23.4. The summed E-state index contributed by atoms with van der Waals surface area (Å²) < 4.78 is 4.65. The lowest BCUT2D eigenvalue weighted by atomic mass is 9.75. The summed E-state index contributed by atoms with van der Waals surface area (Å²) in [5, 5.41) is 0. The van der Waals surface area contributed by atoms with Crippen molar-refractivity contribution in [1.82, 2.24) is 0 Å². The zero-order valence-corrected chi connectivity index (χ0v) is 9.58. The van der Waals surface area contributed by atoms with Crippen molar-refractivity contribution in [3.8, 4) is 0 Å². The van der Waals surface area contributed by atoms with E-state index >= 15 is 0 Å². The van der Waals surface area contributed by atoms with Gasteiger partial charge in [-0.05, 0) is 17.8 Å². The topological polar surface area (TPSA) is 43.4 Å². The first-order valence-electron chi connectivity index (χ1n) is 5.22. The Morgan fingerprint density at radius 2 is 2.33 bits per heavy atom. The van der Waals surface area contributed by atoms with Crippen molar-refractivity contribution in [3.05, 3.63) is 11.6 Å². The van der Waals surface area contributed by atoms with Gasteiger partial charge in [0.25, 0.3) is 0 Å². The first-order chi connectivity index (χ1) is 7.02. The molecule has 1 aliphatic rings. The van der Waals surface area contributed by atoms with Crippen molar-refractivity contribution in [2.45, 2.75) is 33.1 Å². The lowest BCUT2D eigenvalue weighted by Crippen LogP contribution is -2.23. The van der Waals surface area contributed by atoms with Gasteiger partial charge in [-0.2, -0.15) is 0 Å². The van der Waals surface area contributed by atoms with Crippen molar-refractivity contribution in [1.29, 1.82) is 0 Å². The first kappa shape index (κ1) is 12.0. The lowest BCUT2D eigenvalue weighted by Gasteiger charge is -2.29. The molecule has 0 fully saturated rings. The van der Waals surface area contributed by atoms with E-state index in [1.807, 2.05) is 0 Å². The Bertz CT molecular complexity index is 289. The highest BCUT2D eigenvalue weighted by Crippen LogP contribution is 2.45. The van der Waals surface area contributed by atoms with Gasteiger partial charge in [-0.3, -0.25) is 4.79 Å². The van der Waals surface area contributed by atoms with Crippen LogP contribution < -0.4 is 0 Å². The Hall–Kier alpha value is -1.12. The third-order valence-electron chi connectivity index (χ3n) is 3.44. The fourth-order valence-corrected chi connectivity index (χ4v) is 2.14. The molecule has 3 nitrogen and oxygen atoms in total. The van der Waals surface area contributed by atoms with Crippen LogP contribution in [0.15, 0.2) is 11.6 Å². The van der Waals surface area contributed by atoms with E-state index in [2.05, 4.69) is 24.7 Å². The zero-order valence-electron chi connectivity index (χ0n) is 9.58. The van der Waals surface area contributed by atoms with Gasteiger partial charge in [-0.15, -0.1) is 0 Å². The Labute approximate surface area is 90.5 Å². The molecular formula is C12H18O3. The van der Waals surface area contributed by atoms with Crippen LogP contribution in [0.3, 0.4) is 0 Å². The Morgan fingerprint density at radius 1 is 1.67 bits per heavy atom. The number of allylic oxidation sites excluding steroid dienone is 1. The van der Waals surface area contributed by atoms with E-state index in [1.165, 1.54) is 7.11 Å². The first-order valence-corrected chi connectivity index (χ1v) is 5.22. The highest BCUT2D eigenvalue weighted by atomic mass is 16.5. The van der Waals surface area contributed by atoms with Crippen LogP contribution in [0.1, 0.15) is 33.1 Å². The standard InChI is InChI=1S/C12H18O3/c1-12(2)9(6-7-13)4-5-10(12)8-11(14)15-3/h5,7,9H,4,6,8H2,1-3H3/t9-/m1/s1. The highest BCUT2D eigenvalue weighted by molar-refractivity contribution is 5.73. The van der Waals surface area contributed by atoms with Crippen LogP contribution in [0, 0.1) is 11.3 Å². The van der Waals surface area contributed by atoms with Crippen LogP contribution in [0.25, 0.3) is 0 Å². The van der Waals surface area contributed by atoms with Crippen LogP contribution >= 0.6 is 0 Å². The van der Waals surface area contributed by atoms with E-state index in [0.29, 0.717) is 18.8 Å². The summed E-state index contributed by atoms with van der Waals surface area (Å²) in [4.78, 5) is 21.7. The van der Waals surface area contributed by atoms with E-state index in [9.17, 15) is 9.59 Å². The maximum atomic E-state index is 11.2. The summed E-state index contributed by atoms with van der Waals surface area (Å²) in [6, 6.07) is 0. The number of rotatable bonds is 4. The average Bonchev–Trinajstić information content (AvgIpc) is 2.45. The molecule has 15 heavy (non-hydrogen) atoms. The second kappa shape index (κ2) is 4.60. The third kappa shape index (κ3) is 2.46. The molecule has 84 valence electrons. The maximum absolute atomic E-state index is 11.2. The molecule has 0 unspecified atom stereocenters. The molecule has 0 aromatic carbocycles. The maximum Gasteiger partial charge on any atom is 0.309 e. The molecule has 0 aromatic rings. The molecule has 1 atom stereocenters. The fourth-order valence-electron chi connectivity index (χ4n) is 2.14. The van der Waals surface area contributed by atoms with Crippen molar-refractivity contribution >= 4 is 12.3 Å². The van der Waals surface area contributed by atoms with E-state index in [0.717, 1.165) is 18.3 Å². The van der Waals surface area contributed by atoms with Crippen LogP contribution in [0.2, 0.25) is 0 Å². The number of aldehydes is 1. The Balaban J connectivity index is 2.68. The third-order valence-corrected chi connectivity index (χ3v) is 3.44. The largest absolute Gasteiger partial charge is 0.469 e. The van der Waals surface area contributed by atoms with Gasteiger partial charge in [-0.25, -0.2) is 0 Å². The molecule has 0 heterocycles. The van der Waals surface area contributed by atoms with E-state index in [-0.39, 0.29) is 11.4 Å². The lowest BCUT2D eigenvalue weighted by molar-refractivity contribution is -0.140. The van der Waals surface area contributed by atoms with Crippen LogP contribution in [-0.4, -0.2) is 19.4 Å². The molecule has 0 saturated carbocycles. The monoisotopic (exact) mass is 210 g/mol. The predicted molar refractivity (Wildman–Crippen MR) is 57.3 cm³/mol. The fraction of sp³-hybridized carbons (Fsp3) is 0.667. The Morgan fingerprint density at radius 3 is 2.87 bits per heavy atom. The van der Waals surface area contributed by atoms with Crippen LogP contribution in [0.4, 0.5) is 0 Å². The second-order valence-electron chi connectivity index (χ2n) is 4.54. The second-order valence-corrected chi connectivity index (χ2v) is 4.54. The van der Waals surface area contributed by atoms with E-state index in [1.54, 1.807) is 0 Å². The molecule has 0 aromatic heterocycles. The Kier molecular flexibility index (Phi) is 3.66. The minimum Gasteiger partial charge on any atom is -0.469 e. The van der Waals surface area contributed by atoms with Crippen molar-refractivity contribution in [2.24, 2.45) is 11.3 Å². The van der Waals surface area contributed by atoms with Gasteiger partial charge >= 0.3 is 5.97 Å². The number of esters is 1. The average molecular weight is 210 g/mol. The van der Waals surface area contributed by atoms with Crippen molar-refractivity contribution in [3.63, 3.8) is 0 Å². The van der Waals surface area contributed by atoms with Crippen molar-refractivity contribution in [2.75, 3.05) is 7.11 Å². The van der Waals surface area contributed by atoms with E-state index in [4.69, 9.17) is 0 Å². The predicted octanol–water partition coefficient (Wildman–Crippen LogP) is 2.11. The van der Waals surface area contributed by atoms with Gasteiger partial charge in [0.1, 0.15) is 6.29 Å². The molecule has 1 aliphatic carbocycles. The molecule has 0 saturated heterocycles. The van der Waals surface area contributed by atoms with Gasteiger partial charge in [0.2, 0.25) is 0 Å². The summed E-state index contributed by atoms with van der Waals surface area (Å²) in [6.45, 7) is 4.17. The zero-order chi connectivity index (χ0) is 11.5. The number of ether oxygens (including phenoxy) is 1. The minimum atomic E-state index is -0.207. The number of carbonyl (C=O) groups is 2. The van der Waals surface area contributed by atoms with Gasteiger partial charge in [-0.1, -0.05) is 25.5 Å². The van der Waals surface area contributed by atoms with Crippen molar-refractivity contribution < 1.29 is 14.3 Å². The number of carbonyl (C=O) groups excluding carboxylic acids is 2. The SMILES string of the molecule is COC(=O)CC1=CC[C@H](CC=O)C1(C)C. The summed E-state index contributed by atoms with van der Waals surface area (Å²) in [6.07, 6.45) is 4.83. The number of methoxy groups -OCH3 is 1. The highest BCUT2D eigenvalue weighted by Gasteiger charge is 2.37. The van der Waals surface area contributed by atoms with Gasteiger partial charge < -0.3 is 9.53 Å². The molecule has 0 spiro atoms.